The van der Waals surface area contributed by atoms with Gasteiger partial charge in [-0.3, -0.25) is 9.59 Å². The Morgan fingerprint density at radius 3 is 2.71 bits per heavy atom. The number of nitrogens with one attached hydrogen (secondary N) is 1. The van der Waals surface area contributed by atoms with Gasteiger partial charge in [0.05, 0.1) is 6.42 Å². The van der Waals surface area contributed by atoms with Crippen LogP contribution in [-0.2, 0) is 9.59 Å². The molecule has 0 radical (unpaired) electrons. The smallest absolute Gasteiger partial charge is 0.304 e. The molecule has 0 fully saturated rings. The van der Waals surface area contributed by atoms with Crippen LogP contribution < -0.4 is 5.32 Å². The van der Waals surface area contributed by atoms with Crippen molar-refractivity contribution >= 4 is 29.2 Å². The summed E-state index contributed by atoms with van der Waals surface area (Å²) in [5.41, 5.74) is 1.38. The topological polar surface area (TPSA) is 66.4 Å². The molecule has 1 atom stereocenters. The summed E-state index contributed by atoms with van der Waals surface area (Å²) >= 11 is 5.92. The minimum Gasteiger partial charge on any atom is -0.481 e. The summed E-state index contributed by atoms with van der Waals surface area (Å²) in [6.07, 6.45) is -0.189. The van der Waals surface area contributed by atoms with Crippen LogP contribution in [0.1, 0.15) is 18.9 Å². The Morgan fingerprint density at radius 1 is 1.47 bits per heavy atom. The molecule has 0 bridgehead atoms. The van der Waals surface area contributed by atoms with Gasteiger partial charge in [0.1, 0.15) is 0 Å². The minimum absolute atomic E-state index is 0.189. The lowest BCUT2D eigenvalue weighted by atomic mass is 10.1. The summed E-state index contributed by atoms with van der Waals surface area (Å²) in [5, 5.41) is 11.8. The molecule has 17 heavy (non-hydrogen) atoms. The van der Waals surface area contributed by atoms with Gasteiger partial charge in [-0.05, 0) is 24.6 Å². The van der Waals surface area contributed by atoms with E-state index in [4.69, 9.17) is 16.7 Å². The molecule has 1 aromatic rings. The number of carbonyl (C=O) groups excluding carboxylic acids is 1. The zero-order valence-electron chi connectivity index (χ0n) is 9.66. The van der Waals surface area contributed by atoms with E-state index in [2.05, 4.69) is 5.32 Å². The molecule has 1 rings (SSSR count). The van der Waals surface area contributed by atoms with Crippen LogP contribution in [-0.4, -0.2) is 17.0 Å². The van der Waals surface area contributed by atoms with Crippen LogP contribution in [0.2, 0.25) is 5.02 Å². The predicted molar refractivity (Wildman–Crippen MR) is 66.2 cm³/mol. The summed E-state index contributed by atoms with van der Waals surface area (Å²) in [6.45, 7) is 3.36. The maximum Gasteiger partial charge on any atom is 0.304 e. The molecule has 0 aromatic heterocycles. The minimum atomic E-state index is -0.990. The first kappa shape index (κ1) is 13.5. The van der Waals surface area contributed by atoms with Crippen LogP contribution in [0.3, 0.4) is 0 Å². The summed E-state index contributed by atoms with van der Waals surface area (Å²) < 4.78 is 0. The van der Waals surface area contributed by atoms with E-state index in [-0.39, 0.29) is 12.3 Å². The molecular weight excluding hydrogens is 242 g/mol. The number of amides is 1. The number of carboxylic acid groups (broad SMARTS) is 1. The number of anilines is 1. The van der Waals surface area contributed by atoms with Crippen molar-refractivity contribution in [3.8, 4) is 0 Å². The van der Waals surface area contributed by atoms with Crippen LogP contribution in [0, 0.1) is 12.8 Å². The van der Waals surface area contributed by atoms with Crippen LogP contribution in [0.5, 0.6) is 0 Å². The number of rotatable bonds is 4. The van der Waals surface area contributed by atoms with Crippen molar-refractivity contribution < 1.29 is 14.7 Å². The fourth-order valence-corrected chi connectivity index (χ4v) is 1.53. The molecule has 0 spiro atoms. The number of halogens is 1. The molecule has 5 heteroatoms. The van der Waals surface area contributed by atoms with Crippen LogP contribution in [0.15, 0.2) is 18.2 Å². The van der Waals surface area contributed by atoms with E-state index < -0.39 is 11.9 Å². The zero-order chi connectivity index (χ0) is 13.0. The number of carbonyl (C=O) groups is 2. The number of benzene rings is 1. The van der Waals surface area contributed by atoms with Gasteiger partial charge in [-0.1, -0.05) is 24.6 Å². The largest absolute Gasteiger partial charge is 0.481 e. The Morgan fingerprint density at radius 2 is 2.12 bits per heavy atom. The van der Waals surface area contributed by atoms with E-state index in [0.717, 1.165) is 5.56 Å². The average Bonchev–Trinajstić information content (AvgIpc) is 2.23. The van der Waals surface area contributed by atoms with E-state index in [1.807, 2.05) is 0 Å². The average molecular weight is 256 g/mol. The molecule has 0 aliphatic rings. The highest BCUT2D eigenvalue weighted by Gasteiger charge is 2.17. The van der Waals surface area contributed by atoms with Gasteiger partial charge >= 0.3 is 5.97 Å². The first-order chi connectivity index (χ1) is 7.91. The molecule has 1 aromatic carbocycles. The van der Waals surface area contributed by atoms with E-state index in [1.54, 1.807) is 32.0 Å². The summed E-state index contributed by atoms with van der Waals surface area (Å²) in [7, 11) is 0. The molecule has 0 heterocycles. The van der Waals surface area contributed by atoms with Gasteiger partial charge in [-0.15, -0.1) is 0 Å². The highest BCUT2D eigenvalue weighted by molar-refractivity contribution is 6.31. The number of aliphatic carboxylic acids is 1. The first-order valence-electron chi connectivity index (χ1n) is 5.19. The second kappa shape index (κ2) is 5.68. The Balaban J connectivity index is 2.74. The van der Waals surface area contributed by atoms with E-state index in [9.17, 15) is 9.59 Å². The van der Waals surface area contributed by atoms with Crippen molar-refractivity contribution in [3.63, 3.8) is 0 Å². The lowest BCUT2D eigenvalue weighted by Gasteiger charge is -2.12. The molecular formula is C12H14ClNO3. The van der Waals surface area contributed by atoms with Gasteiger partial charge < -0.3 is 10.4 Å². The lowest BCUT2D eigenvalue weighted by molar-refractivity contribution is -0.139. The summed E-state index contributed by atoms with van der Waals surface area (Å²) in [4.78, 5) is 22.2. The molecule has 0 aliphatic carbocycles. The van der Waals surface area contributed by atoms with Crippen molar-refractivity contribution in [1.29, 1.82) is 0 Å². The highest BCUT2D eigenvalue weighted by Crippen LogP contribution is 2.23. The van der Waals surface area contributed by atoms with Crippen molar-refractivity contribution in [2.24, 2.45) is 5.92 Å². The third kappa shape index (κ3) is 3.75. The number of hydrogen-bond acceptors (Lipinski definition) is 2. The third-order valence-electron chi connectivity index (χ3n) is 2.45. The SMILES string of the molecule is Cc1c(Cl)cccc1NC(=O)C(C)CC(=O)O. The third-order valence-corrected chi connectivity index (χ3v) is 2.86. The van der Waals surface area contributed by atoms with Gasteiger partial charge in [-0.2, -0.15) is 0 Å². The second-order valence-corrected chi connectivity index (χ2v) is 4.31. The van der Waals surface area contributed by atoms with Crippen LogP contribution in [0.4, 0.5) is 5.69 Å². The zero-order valence-corrected chi connectivity index (χ0v) is 10.4. The molecule has 0 saturated heterocycles. The van der Waals surface area contributed by atoms with E-state index in [1.165, 1.54) is 0 Å². The van der Waals surface area contributed by atoms with Crippen molar-refractivity contribution in [1.82, 2.24) is 0 Å². The van der Waals surface area contributed by atoms with Crippen molar-refractivity contribution in [3.05, 3.63) is 28.8 Å². The van der Waals surface area contributed by atoms with Crippen LogP contribution in [0.25, 0.3) is 0 Å². The Hall–Kier alpha value is -1.55. The summed E-state index contributed by atoms with van der Waals surface area (Å²) in [5.74, 6) is -1.89. The monoisotopic (exact) mass is 255 g/mol. The molecule has 4 nitrogen and oxygen atoms in total. The Labute approximate surface area is 105 Å². The van der Waals surface area contributed by atoms with Gasteiger partial charge in [-0.25, -0.2) is 0 Å². The maximum atomic E-state index is 11.7. The Kier molecular flexibility index (Phi) is 4.52. The van der Waals surface area contributed by atoms with E-state index in [0.29, 0.717) is 10.7 Å². The van der Waals surface area contributed by atoms with Crippen molar-refractivity contribution in [2.75, 3.05) is 5.32 Å². The molecule has 0 saturated carbocycles. The lowest BCUT2D eigenvalue weighted by Crippen LogP contribution is -2.23. The maximum absolute atomic E-state index is 11.7. The van der Waals surface area contributed by atoms with Gasteiger partial charge in [0.2, 0.25) is 5.91 Å². The van der Waals surface area contributed by atoms with Gasteiger partial charge in [0, 0.05) is 16.6 Å². The Bertz CT molecular complexity index is 445. The normalized spacial score (nSPS) is 11.9. The van der Waals surface area contributed by atoms with E-state index >= 15 is 0 Å². The van der Waals surface area contributed by atoms with Gasteiger partial charge in [0.15, 0.2) is 0 Å². The van der Waals surface area contributed by atoms with Crippen LogP contribution >= 0.6 is 11.6 Å². The first-order valence-corrected chi connectivity index (χ1v) is 5.57. The second-order valence-electron chi connectivity index (χ2n) is 3.90. The number of carboxylic acids is 1. The fourth-order valence-electron chi connectivity index (χ4n) is 1.35. The molecule has 2 N–H and O–H groups in total. The number of hydrogen-bond donors (Lipinski definition) is 2. The molecule has 1 amide bonds. The molecule has 1 unspecified atom stereocenters. The standard InChI is InChI=1S/C12H14ClNO3/c1-7(6-11(15)16)12(17)14-10-5-3-4-9(13)8(10)2/h3-5,7H,6H2,1-2H3,(H,14,17)(H,15,16). The fraction of sp³-hybridized carbons (Fsp3) is 0.333. The quantitative estimate of drug-likeness (QED) is 0.869. The van der Waals surface area contributed by atoms with Crippen molar-refractivity contribution in [2.45, 2.75) is 20.3 Å². The predicted octanol–water partition coefficient (Wildman–Crippen LogP) is 2.70. The summed E-state index contributed by atoms with van der Waals surface area (Å²) in [6, 6.07) is 5.19. The molecule has 0 aliphatic heterocycles. The highest BCUT2D eigenvalue weighted by atomic mass is 35.5. The molecule has 92 valence electrons. The van der Waals surface area contributed by atoms with Gasteiger partial charge in [0.25, 0.3) is 0 Å².